The fourth-order valence-electron chi connectivity index (χ4n) is 3.96. The summed E-state index contributed by atoms with van der Waals surface area (Å²) in [6, 6.07) is 8.10. The highest BCUT2D eigenvalue weighted by atomic mass is 35.5. The molecule has 1 amide bonds. The first-order chi connectivity index (χ1) is 13.9. The van der Waals surface area contributed by atoms with E-state index >= 15 is 0 Å². The lowest BCUT2D eigenvalue weighted by Crippen LogP contribution is -2.55. The smallest absolute Gasteiger partial charge is 0.244 e. The fraction of sp³-hybridized carbons (Fsp3) is 0.591. The molecule has 1 saturated heterocycles. The maximum absolute atomic E-state index is 13.0. The van der Waals surface area contributed by atoms with Crippen LogP contribution in [-0.4, -0.2) is 58.6 Å². The van der Waals surface area contributed by atoms with Crippen molar-refractivity contribution in [2.75, 3.05) is 32.7 Å². The number of benzene rings is 1. The third-order valence-electron chi connectivity index (χ3n) is 6.46. The molecular weight excluding hydrogens is 437 g/mol. The van der Waals surface area contributed by atoms with Gasteiger partial charge >= 0.3 is 0 Å². The van der Waals surface area contributed by atoms with E-state index in [-0.39, 0.29) is 36.8 Å². The van der Waals surface area contributed by atoms with Crippen LogP contribution in [0, 0.1) is 12.3 Å². The lowest BCUT2D eigenvalue weighted by molar-refractivity contribution is -0.144. The number of nitrogens with two attached hydrogens (primary N) is 1. The summed E-state index contributed by atoms with van der Waals surface area (Å²) in [4.78, 5) is 21.9. The second kappa shape index (κ2) is 11.8. The number of nitrogens with zero attached hydrogens (tertiary/aromatic N) is 4. The van der Waals surface area contributed by atoms with Gasteiger partial charge in [0.1, 0.15) is 0 Å². The molecule has 1 atom stereocenters. The molecule has 0 radical (unpaired) electrons. The second-order valence-corrected chi connectivity index (χ2v) is 8.02. The van der Waals surface area contributed by atoms with Crippen LogP contribution >= 0.6 is 24.8 Å². The number of halogens is 2. The summed E-state index contributed by atoms with van der Waals surface area (Å²) in [5.74, 6) is 1.41. The molecule has 1 aliphatic rings. The molecule has 1 unspecified atom stereocenters. The van der Waals surface area contributed by atoms with Crippen LogP contribution < -0.4 is 5.73 Å². The third kappa shape index (κ3) is 5.77. The maximum Gasteiger partial charge on any atom is 0.244 e. The molecule has 1 aromatic carbocycles. The van der Waals surface area contributed by atoms with Crippen molar-refractivity contribution in [1.82, 2.24) is 19.9 Å². The van der Waals surface area contributed by atoms with E-state index in [0.29, 0.717) is 31.3 Å². The monoisotopic (exact) mass is 471 g/mol. The number of aromatic nitrogens is 2. The average Bonchev–Trinajstić information content (AvgIpc) is 3.25. The molecule has 174 valence electrons. The summed E-state index contributed by atoms with van der Waals surface area (Å²) in [5.41, 5.74) is 7.68. The molecule has 9 heteroatoms. The lowest BCUT2D eigenvalue weighted by Gasteiger charge is -2.41. The standard InChI is InChI=1S/C22H33N5O2.2ClH/c1-5-22(6-2,15-23)21(28)27-13-11-26(12-14-27)17(4)20-24-19(25-29-20)18-9-7-16(3)8-10-18;;/h7-10,17H,5-6,11-15,23H2,1-4H3;2*1H. The van der Waals surface area contributed by atoms with Gasteiger partial charge in [-0.05, 0) is 26.7 Å². The summed E-state index contributed by atoms with van der Waals surface area (Å²) in [6.07, 6.45) is 1.55. The van der Waals surface area contributed by atoms with Crippen molar-refractivity contribution in [3.05, 3.63) is 35.7 Å². The maximum atomic E-state index is 13.0. The van der Waals surface area contributed by atoms with Crippen molar-refractivity contribution in [3.63, 3.8) is 0 Å². The number of carbonyl (C=O) groups excluding carboxylic acids is 1. The average molecular weight is 472 g/mol. The largest absolute Gasteiger partial charge is 0.340 e. The number of hydrogen-bond donors (Lipinski definition) is 1. The molecule has 0 spiro atoms. The first-order valence-electron chi connectivity index (χ1n) is 10.6. The van der Waals surface area contributed by atoms with Gasteiger partial charge < -0.3 is 15.2 Å². The Morgan fingerprint density at radius 2 is 1.71 bits per heavy atom. The Hall–Kier alpha value is -1.67. The number of aryl methyl sites for hydroxylation is 1. The van der Waals surface area contributed by atoms with Crippen molar-refractivity contribution in [1.29, 1.82) is 0 Å². The highest BCUT2D eigenvalue weighted by molar-refractivity contribution is 5.85. The molecular formula is C22H35Cl2N5O2. The highest BCUT2D eigenvalue weighted by Gasteiger charge is 2.38. The number of amides is 1. The predicted octanol–water partition coefficient (Wildman–Crippen LogP) is 3.86. The zero-order chi connectivity index (χ0) is 21.0. The van der Waals surface area contributed by atoms with Gasteiger partial charge in [0.25, 0.3) is 0 Å². The van der Waals surface area contributed by atoms with Crippen LogP contribution in [0.3, 0.4) is 0 Å². The third-order valence-corrected chi connectivity index (χ3v) is 6.46. The molecule has 1 aliphatic heterocycles. The lowest BCUT2D eigenvalue weighted by atomic mass is 9.80. The Balaban J connectivity index is 0.00000240. The highest BCUT2D eigenvalue weighted by Crippen LogP contribution is 2.29. The Labute approximate surface area is 197 Å². The minimum Gasteiger partial charge on any atom is -0.340 e. The van der Waals surface area contributed by atoms with Crippen molar-refractivity contribution >= 4 is 30.7 Å². The van der Waals surface area contributed by atoms with E-state index in [9.17, 15) is 4.79 Å². The molecule has 3 rings (SSSR count). The van der Waals surface area contributed by atoms with E-state index in [2.05, 4.69) is 28.9 Å². The van der Waals surface area contributed by atoms with Crippen LogP contribution in [0.1, 0.15) is 51.1 Å². The number of rotatable bonds is 7. The molecule has 7 nitrogen and oxygen atoms in total. The number of piperazine rings is 1. The molecule has 0 saturated carbocycles. The van der Waals surface area contributed by atoms with Crippen molar-refractivity contribution in [2.45, 2.75) is 46.6 Å². The second-order valence-electron chi connectivity index (χ2n) is 8.02. The van der Waals surface area contributed by atoms with Gasteiger partial charge in [-0.3, -0.25) is 9.69 Å². The number of hydrogen-bond acceptors (Lipinski definition) is 6. The van der Waals surface area contributed by atoms with E-state index in [1.54, 1.807) is 0 Å². The molecule has 2 aromatic rings. The van der Waals surface area contributed by atoms with E-state index in [1.165, 1.54) is 5.56 Å². The SMILES string of the molecule is CCC(CC)(CN)C(=O)N1CCN(C(C)c2nc(-c3ccc(C)cc3)no2)CC1.Cl.Cl. The summed E-state index contributed by atoms with van der Waals surface area (Å²) in [5, 5.41) is 4.15. The van der Waals surface area contributed by atoms with E-state index < -0.39 is 5.41 Å². The van der Waals surface area contributed by atoms with Crippen LogP contribution in [0.5, 0.6) is 0 Å². The Bertz CT molecular complexity index is 807. The van der Waals surface area contributed by atoms with Crippen molar-refractivity contribution in [3.8, 4) is 11.4 Å². The van der Waals surface area contributed by atoms with Crippen LogP contribution in [0.2, 0.25) is 0 Å². The van der Waals surface area contributed by atoms with Crippen LogP contribution in [0.15, 0.2) is 28.8 Å². The quantitative estimate of drug-likeness (QED) is 0.659. The summed E-state index contributed by atoms with van der Waals surface area (Å²) >= 11 is 0. The first kappa shape index (κ1) is 27.4. The first-order valence-corrected chi connectivity index (χ1v) is 10.6. The van der Waals surface area contributed by atoms with Gasteiger partial charge in [-0.1, -0.05) is 48.8 Å². The van der Waals surface area contributed by atoms with Crippen LogP contribution in [-0.2, 0) is 4.79 Å². The minimum absolute atomic E-state index is 0. The van der Waals surface area contributed by atoms with E-state index in [4.69, 9.17) is 10.3 Å². The summed E-state index contributed by atoms with van der Waals surface area (Å²) < 4.78 is 5.55. The minimum atomic E-state index is -0.427. The molecule has 2 N–H and O–H groups in total. The molecule has 1 fully saturated rings. The molecule has 31 heavy (non-hydrogen) atoms. The summed E-state index contributed by atoms with van der Waals surface area (Å²) in [6.45, 7) is 11.6. The van der Waals surface area contributed by atoms with Gasteiger partial charge in [0.2, 0.25) is 17.6 Å². The predicted molar refractivity (Wildman–Crippen MR) is 128 cm³/mol. The van der Waals surface area contributed by atoms with Crippen LogP contribution in [0.25, 0.3) is 11.4 Å². The van der Waals surface area contributed by atoms with E-state index in [0.717, 1.165) is 31.5 Å². The topological polar surface area (TPSA) is 88.5 Å². The fourth-order valence-corrected chi connectivity index (χ4v) is 3.96. The van der Waals surface area contributed by atoms with Crippen molar-refractivity contribution < 1.29 is 9.32 Å². The Kier molecular flexibility index (Phi) is 10.4. The normalized spacial score (nSPS) is 15.7. The Morgan fingerprint density at radius 1 is 1.13 bits per heavy atom. The van der Waals surface area contributed by atoms with Crippen molar-refractivity contribution in [2.24, 2.45) is 11.1 Å². The van der Waals surface area contributed by atoms with Crippen LogP contribution in [0.4, 0.5) is 0 Å². The Morgan fingerprint density at radius 3 is 2.23 bits per heavy atom. The van der Waals surface area contributed by atoms with Gasteiger partial charge in [-0.15, -0.1) is 24.8 Å². The van der Waals surface area contributed by atoms with Gasteiger partial charge in [0, 0.05) is 38.3 Å². The number of carbonyl (C=O) groups is 1. The molecule has 1 aromatic heterocycles. The zero-order valence-corrected chi connectivity index (χ0v) is 20.5. The van der Waals surface area contributed by atoms with E-state index in [1.807, 2.05) is 43.0 Å². The molecule has 0 aliphatic carbocycles. The molecule has 2 heterocycles. The van der Waals surface area contributed by atoms with Gasteiger partial charge in [0.15, 0.2) is 0 Å². The van der Waals surface area contributed by atoms with Gasteiger partial charge in [0.05, 0.1) is 11.5 Å². The van der Waals surface area contributed by atoms with Gasteiger partial charge in [-0.25, -0.2) is 0 Å². The summed E-state index contributed by atoms with van der Waals surface area (Å²) in [7, 11) is 0. The zero-order valence-electron chi connectivity index (χ0n) is 18.8. The molecule has 0 bridgehead atoms. The van der Waals surface area contributed by atoms with Gasteiger partial charge in [-0.2, -0.15) is 4.98 Å².